The van der Waals surface area contributed by atoms with E-state index >= 15 is 0 Å². The summed E-state index contributed by atoms with van der Waals surface area (Å²) in [4.78, 5) is 26.8. The molecular weight excluding hydrogens is 413 g/mol. The highest BCUT2D eigenvalue weighted by Crippen LogP contribution is 2.39. The maximum Gasteiger partial charge on any atom is 0.684 e. The molecule has 0 radical (unpaired) electrons. The number of benzene rings is 3. The highest BCUT2D eigenvalue weighted by atomic mass is 16.7. The minimum absolute atomic E-state index is 0.191. The first-order chi connectivity index (χ1) is 16.1. The summed E-state index contributed by atoms with van der Waals surface area (Å²) >= 11 is 0. The van der Waals surface area contributed by atoms with E-state index in [1.807, 2.05) is 53.2 Å². The summed E-state index contributed by atoms with van der Waals surface area (Å²) in [5.74, 6) is -1.47. The Bertz CT molecular complexity index is 1280. The van der Waals surface area contributed by atoms with E-state index < -0.39 is 18.5 Å². The van der Waals surface area contributed by atoms with Crippen LogP contribution in [0.15, 0.2) is 66.7 Å². The zero-order chi connectivity index (χ0) is 22.6. The Kier molecular flexibility index (Phi) is 4.64. The summed E-state index contributed by atoms with van der Waals surface area (Å²) < 4.78 is 14.5. The molecular formula is C27H26BNO4. The monoisotopic (exact) mass is 439 g/mol. The maximum absolute atomic E-state index is 13.4. The smallest absolute Gasteiger partial charge is 0.592 e. The second-order valence-corrected chi connectivity index (χ2v) is 9.49. The lowest BCUT2D eigenvalue weighted by Gasteiger charge is -2.35. The fourth-order valence-electron chi connectivity index (χ4n) is 6.02. The number of rotatable bonds is 2. The van der Waals surface area contributed by atoms with Gasteiger partial charge in [0, 0.05) is 11.1 Å². The van der Waals surface area contributed by atoms with Crippen LogP contribution >= 0.6 is 0 Å². The van der Waals surface area contributed by atoms with Gasteiger partial charge in [-0.3, -0.25) is 9.59 Å². The minimum Gasteiger partial charge on any atom is -0.592 e. The molecule has 6 rings (SSSR count). The Hall–Kier alpha value is -3.41. The molecule has 1 saturated carbocycles. The fraction of sp³-hybridized carbons (Fsp3) is 0.296. The van der Waals surface area contributed by atoms with Crippen molar-refractivity contribution in [2.24, 2.45) is 11.8 Å². The Balaban J connectivity index is 1.51. The first kappa shape index (κ1) is 20.2. The van der Waals surface area contributed by atoms with Crippen LogP contribution in [-0.4, -0.2) is 29.3 Å². The lowest BCUT2D eigenvalue weighted by Crippen LogP contribution is -2.62. The third-order valence-electron chi connectivity index (χ3n) is 7.71. The van der Waals surface area contributed by atoms with Gasteiger partial charge in [-0.05, 0) is 36.0 Å². The first-order valence-electron chi connectivity index (χ1n) is 11.9. The summed E-state index contributed by atoms with van der Waals surface area (Å²) in [7, 11) is 0. The van der Waals surface area contributed by atoms with Crippen LogP contribution in [0.25, 0.3) is 10.8 Å². The van der Waals surface area contributed by atoms with Gasteiger partial charge >= 0.3 is 6.69 Å². The largest absolute Gasteiger partial charge is 0.684 e. The Morgan fingerprint density at radius 3 is 2.24 bits per heavy atom. The van der Waals surface area contributed by atoms with Crippen LogP contribution in [0, 0.1) is 11.8 Å². The molecule has 33 heavy (non-hydrogen) atoms. The van der Waals surface area contributed by atoms with Crippen molar-refractivity contribution < 1.29 is 23.4 Å². The Morgan fingerprint density at radius 1 is 0.848 bits per heavy atom. The van der Waals surface area contributed by atoms with E-state index in [1.54, 1.807) is 0 Å². The summed E-state index contributed by atoms with van der Waals surface area (Å²) in [6, 6.07) is 22.0. The molecule has 2 aliphatic heterocycles. The second-order valence-electron chi connectivity index (χ2n) is 9.49. The highest BCUT2D eigenvalue weighted by molar-refractivity contribution is 6.79. The van der Waals surface area contributed by atoms with Crippen LogP contribution in [0.4, 0.5) is 0 Å². The number of hydrogen-bond acceptors (Lipinski definition) is 4. The van der Waals surface area contributed by atoms with E-state index in [4.69, 9.17) is 9.31 Å². The van der Waals surface area contributed by atoms with Crippen molar-refractivity contribution in [1.82, 2.24) is 0 Å². The predicted molar refractivity (Wildman–Crippen MR) is 127 cm³/mol. The number of hydrogen-bond donors (Lipinski definition) is 0. The van der Waals surface area contributed by atoms with Crippen LogP contribution in [-0.2, 0) is 18.9 Å². The van der Waals surface area contributed by atoms with Crippen molar-refractivity contribution in [3.8, 4) is 0 Å². The van der Waals surface area contributed by atoms with E-state index in [-0.39, 0.29) is 18.0 Å². The molecule has 2 fully saturated rings. The minimum atomic E-state index is -2.49. The topological polar surface area (TPSA) is 55.6 Å². The normalized spacial score (nSPS) is 24.3. The van der Waals surface area contributed by atoms with Crippen molar-refractivity contribution in [3.63, 3.8) is 0 Å². The van der Waals surface area contributed by atoms with Crippen LogP contribution in [0.3, 0.4) is 0 Å². The van der Waals surface area contributed by atoms with E-state index in [1.165, 1.54) is 0 Å². The van der Waals surface area contributed by atoms with Gasteiger partial charge in [0.05, 0.1) is 11.8 Å². The lowest BCUT2D eigenvalue weighted by molar-refractivity contribution is -0.466. The molecule has 0 aromatic heterocycles. The number of carbonyl (C=O) groups is 2. The summed E-state index contributed by atoms with van der Waals surface area (Å²) in [6.07, 6.45) is 5.20. The number of nitrogens with zero attached hydrogens (tertiary/aromatic N) is 1. The maximum atomic E-state index is 13.4. The van der Waals surface area contributed by atoms with E-state index in [2.05, 4.69) is 31.2 Å². The number of fused-ring (bicyclic) bond motifs is 4. The summed E-state index contributed by atoms with van der Waals surface area (Å²) in [5, 5.41) is 2.27. The van der Waals surface area contributed by atoms with Gasteiger partial charge in [0.1, 0.15) is 12.3 Å². The molecule has 3 aromatic rings. The molecule has 166 valence electrons. The Labute approximate surface area is 193 Å². The molecule has 1 spiro atoms. The zero-order valence-electron chi connectivity index (χ0n) is 18.6. The number of carbonyl (C=O) groups excluding carboxylic acids is 2. The molecule has 1 saturated heterocycles. The van der Waals surface area contributed by atoms with Crippen molar-refractivity contribution in [1.29, 1.82) is 0 Å². The van der Waals surface area contributed by atoms with Gasteiger partial charge in [-0.15, -0.1) is 0 Å². The summed E-state index contributed by atoms with van der Waals surface area (Å²) in [5.41, 5.74) is 2.76. The van der Waals surface area contributed by atoms with Gasteiger partial charge in [-0.1, -0.05) is 79.6 Å². The quantitative estimate of drug-likeness (QED) is 0.565. The third-order valence-corrected chi connectivity index (χ3v) is 7.71. The molecule has 3 aromatic carbocycles. The third kappa shape index (κ3) is 3.04. The van der Waals surface area contributed by atoms with Crippen LogP contribution in [0.2, 0.25) is 0 Å². The molecule has 3 atom stereocenters. The highest BCUT2D eigenvalue weighted by Gasteiger charge is 2.61. The molecule has 1 aliphatic carbocycles. The second kappa shape index (κ2) is 7.58. The standard InChI is InChI=1S/C27H26BNO4/c1-18(21-15-8-11-19-9-2-4-12-22(19)21)29-17-20-10-3-7-16-25(20)28(29)32-26(30)23-13-5-6-14-24(23)27(31)33-28/h2-4,7-12,15-18,23-24H,5-6,13-14H2,1H3/t18?,23-,24-/m1/s1. The first-order valence-corrected chi connectivity index (χ1v) is 11.9. The van der Waals surface area contributed by atoms with Crippen molar-refractivity contribution in [3.05, 3.63) is 77.9 Å². The fourth-order valence-corrected chi connectivity index (χ4v) is 6.02. The van der Waals surface area contributed by atoms with Crippen LogP contribution in [0.5, 0.6) is 0 Å². The molecule has 6 heteroatoms. The van der Waals surface area contributed by atoms with E-state index in [9.17, 15) is 9.59 Å². The van der Waals surface area contributed by atoms with E-state index in [0.29, 0.717) is 12.8 Å². The molecule has 0 amide bonds. The molecule has 1 unspecified atom stereocenters. The van der Waals surface area contributed by atoms with Gasteiger partial charge in [0.15, 0.2) is 0 Å². The predicted octanol–water partition coefficient (Wildman–Crippen LogP) is 4.10. The van der Waals surface area contributed by atoms with Crippen LogP contribution in [0.1, 0.15) is 49.8 Å². The van der Waals surface area contributed by atoms with Gasteiger partial charge in [-0.25, -0.2) is 0 Å². The molecule has 2 heterocycles. The van der Waals surface area contributed by atoms with Gasteiger partial charge < -0.3 is 13.8 Å². The van der Waals surface area contributed by atoms with Gasteiger partial charge in [0.2, 0.25) is 0 Å². The zero-order valence-corrected chi connectivity index (χ0v) is 18.6. The van der Waals surface area contributed by atoms with Crippen LogP contribution < -0.4 is 5.46 Å². The Morgan fingerprint density at radius 2 is 1.48 bits per heavy atom. The molecule has 0 bridgehead atoms. The molecule has 3 aliphatic rings. The SMILES string of the molecule is CC(c1cccc2ccccc12)[N+]1=Cc2ccccc2[B-]12OC(=O)[C@@H]1CCCC[C@H]1C(=O)O2. The van der Waals surface area contributed by atoms with Crippen molar-refractivity contribution in [2.45, 2.75) is 38.6 Å². The summed E-state index contributed by atoms with van der Waals surface area (Å²) in [6.45, 7) is -0.418. The van der Waals surface area contributed by atoms with Gasteiger partial charge in [-0.2, -0.15) is 0 Å². The van der Waals surface area contributed by atoms with Crippen molar-refractivity contribution in [2.75, 3.05) is 0 Å². The average molecular weight is 439 g/mol. The average Bonchev–Trinajstić information content (AvgIpc) is 3.10. The molecule has 5 nitrogen and oxygen atoms in total. The van der Waals surface area contributed by atoms with E-state index in [0.717, 1.165) is 40.2 Å². The van der Waals surface area contributed by atoms with Crippen molar-refractivity contribution >= 4 is 41.1 Å². The van der Waals surface area contributed by atoms with Gasteiger partial charge in [0.25, 0.3) is 11.9 Å². The molecule has 0 N–H and O–H groups in total. The lowest BCUT2D eigenvalue weighted by atomic mass is 9.62.